The molecule has 0 aromatic heterocycles. The lowest BCUT2D eigenvalue weighted by Gasteiger charge is -2.13. The monoisotopic (exact) mass is 172 g/mol. The van der Waals surface area contributed by atoms with Crippen LogP contribution in [0.1, 0.15) is 32.1 Å². The summed E-state index contributed by atoms with van der Waals surface area (Å²) in [6, 6.07) is 0. The highest BCUT2D eigenvalue weighted by Gasteiger charge is 2.10. The van der Waals surface area contributed by atoms with E-state index in [0.717, 1.165) is 19.4 Å². The highest BCUT2D eigenvalue weighted by molar-refractivity contribution is 4.65. The van der Waals surface area contributed by atoms with Gasteiger partial charge in [-0.25, -0.2) is 5.11 Å². The van der Waals surface area contributed by atoms with Gasteiger partial charge in [-0.1, -0.05) is 0 Å². The van der Waals surface area contributed by atoms with Crippen LogP contribution in [-0.4, -0.2) is 35.9 Å². The van der Waals surface area contributed by atoms with Gasteiger partial charge in [-0.3, -0.25) is 0 Å². The van der Waals surface area contributed by atoms with E-state index in [2.05, 4.69) is 4.90 Å². The summed E-state index contributed by atoms with van der Waals surface area (Å²) in [5, 5.41) is 18.7. The predicted octanol–water partition coefficient (Wildman–Crippen LogP) is 1.00. The molecule has 1 aliphatic rings. The molecule has 0 aromatic carbocycles. The molecular formula is C9H18NO2. The molecular weight excluding hydrogens is 154 g/mol. The number of rotatable bonds is 5. The van der Waals surface area contributed by atoms with Crippen LogP contribution in [0.2, 0.25) is 0 Å². The van der Waals surface area contributed by atoms with Gasteiger partial charge in [0.1, 0.15) is 0 Å². The molecule has 0 saturated carbocycles. The summed E-state index contributed by atoms with van der Waals surface area (Å²) >= 11 is 0. The number of nitrogens with zero attached hydrogens (tertiary/aromatic N) is 1. The zero-order valence-corrected chi connectivity index (χ0v) is 7.54. The Labute approximate surface area is 74.0 Å². The van der Waals surface area contributed by atoms with Crippen LogP contribution in [0, 0.1) is 0 Å². The number of hydrogen-bond acceptors (Lipinski definition) is 2. The van der Waals surface area contributed by atoms with Crippen molar-refractivity contribution in [2.24, 2.45) is 0 Å². The van der Waals surface area contributed by atoms with E-state index >= 15 is 0 Å². The summed E-state index contributed by atoms with van der Waals surface area (Å²) in [7, 11) is 0. The molecule has 1 heterocycles. The Balaban J connectivity index is 1.88. The molecule has 1 radical (unpaired) electrons. The van der Waals surface area contributed by atoms with Crippen molar-refractivity contribution < 1.29 is 10.2 Å². The van der Waals surface area contributed by atoms with Crippen LogP contribution in [0.15, 0.2) is 0 Å². The van der Waals surface area contributed by atoms with Gasteiger partial charge in [0.2, 0.25) is 0 Å². The predicted molar refractivity (Wildman–Crippen MR) is 46.2 cm³/mol. The minimum absolute atomic E-state index is 0.411. The fourth-order valence-electron chi connectivity index (χ4n) is 1.66. The maximum absolute atomic E-state index is 10.3. The summed E-state index contributed by atoms with van der Waals surface area (Å²) in [6.07, 6.45) is 3.62. The minimum atomic E-state index is -1.36. The van der Waals surface area contributed by atoms with Crippen LogP contribution in [-0.2, 0) is 5.11 Å². The van der Waals surface area contributed by atoms with E-state index in [1.165, 1.54) is 25.9 Å². The highest BCUT2D eigenvalue weighted by atomic mass is 16.5. The molecule has 3 nitrogen and oxygen atoms in total. The first-order valence-electron chi connectivity index (χ1n) is 4.85. The topological polar surface area (TPSA) is 43.4 Å². The first-order chi connectivity index (χ1) is 5.79. The molecule has 3 heteroatoms. The third-order valence-electron chi connectivity index (χ3n) is 2.37. The van der Waals surface area contributed by atoms with Gasteiger partial charge in [0.25, 0.3) is 0 Å². The lowest BCUT2D eigenvalue weighted by atomic mass is 10.2. The van der Waals surface area contributed by atoms with Gasteiger partial charge in [0.15, 0.2) is 6.29 Å². The number of aliphatic hydroxyl groups is 1. The van der Waals surface area contributed by atoms with Crippen molar-refractivity contribution in [2.45, 2.75) is 38.4 Å². The normalized spacial score (nSPS) is 19.2. The maximum Gasteiger partial charge on any atom is 0.188 e. The molecule has 1 aliphatic heterocycles. The summed E-state index contributed by atoms with van der Waals surface area (Å²) in [5.74, 6) is 0. The summed E-state index contributed by atoms with van der Waals surface area (Å²) in [5.41, 5.74) is 0. The number of likely N-dealkylation sites (tertiary alicyclic amines) is 1. The lowest BCUT2D eigenvalue weighted by molar-refractivity contribution is -0.0968. The number of unbranched alkanes of at least 4 members (excludes halogenated alkanes) is 1. The second-order valence-corrected chi connectivity index (χ2v) is 3.50. The van der Waals surface area contributed by atoms with Crippen molar-refractivity contribution in [3.05, 3.63) is 0 Å². The van der Waals surface area contributed by atoms with E-state index < -0.39 is 6.29 Å². The SMILES string of the molecule is [O]C(O)CCCCN1CCCC1. The molecule has 0 aliphatic carbocycles. The summed E-state index contributed by atoms with van der Waals surface area (Å²) < 4.78 is 0. The number of aliphatic hydroxyl groups excluding tert-OH is 1. The molecule has 1 fully saturated rings. The van der Waals surface area contributed by atoms with E-state index in [4.69, 9.17) is 5.11 Å². The maximum atomic E-state index is 10.3. The van der Waals surface area contributed by atoms with E-state index in [1.54, 1.807) is 0 Å². The minimum Gasteiger partial charge on any atom is -0.366 e. The van der Waals surface area contributed by atoms with Crippen LogP contribution >= 0.6 is 0 Å². The first-order valence-corrected chi connectivity index (χ1v) is 4.85. The van der Waals surface area contributed by atoms with Gasteiger partial charge in [-0.15, -0.1) is 0 Å². The average molecular weight is 172 g/mol. The van der Waals surface area contributed by atoms with E-state index in [9.17, 15) is 5.11 Å². The largest absolute Gasteiger partial charge is 0.366 e. The average Bonchev–Trinajstić information content (AvgIpc) is 2.49. The first kappa shape index (κ1) is 9.96. The van der Waals surface area contributed by atoms with Crippen molar-refractivity contribution in [3.8, 4) is 0 Å². The van der Waals surface area contributed by atoms with Crippen LogP contribution < -0.4 is 0 Å². The molecule has 0 bridgehead atoms. The second-order valence-electron chi connectivity index (χ2n) is 3.50. The van der Waals surface area contributed by atoms with Gasteiger partial charge < -0.3 is 10.0 Å². The third-order valence-corrected chi connectivity index (χ3v) is 2.37. The molecule has 1 atom stereocenters. The highest BCUT2D eigenvalue weighted by Crippen LogP contribution is 2.09. The van der Waals surface area contributed by atoms with Gasteiger partial charge in [-0.05, 0) is 45.3 Å². The van der Waals surface area contributed by atoms with E-state index in [0.29, 0.717) is 6.42 Å². The molecule has 0 amide bonds. The molecule has 12 heavy (non-hydrogen) atoms. The molecule has 0 spiro atoms. The van der Waals surface area contributed by atoms with Crippen LogP contribution in [0.3, 0.4) is 0 Å². The van der Waals surface area contributed by atoms with Crippen LogP contribution in [0.5, 0.6) is 0 Å². The van der Waals surface area contributed by atoms with Crippen LogP contribution in [0.4, 0.5) is 0 Å². The Bertz CT molecular complexity index is 111. The molecule has 1 unspecified atom stereocenters. The zero-order valence-electron chi connectivity index (χ0n) is 7.54. The Morgan fingerprint density at radius 2 is 1.92 bits per heavy atom. The Morgan fingerprint density at radius 3 is 2.50 bits per heavy atom. The quantitative estimate of drug-likeness (QED) is 0.496. The Hall–Kier alpha value is -0.120. The van der Waals surface area contributed by atoms with Gasteiger partial charge in [0, 0.05) is 6.42 Å². The fourth-order valence-corrected chi connectivity index (χ4v) is 1.66. The summed E-state index contributed by atoms with van der Waals surface area (Å²) in [4.78, 5) is 2.43. The Kier molecular flexibility index (Phi) is 4.58. The smallest absolute Gasteiger partial charge is 0.188 e. The van der Waals surface area contributed by atoms with Crippen molar-refractivity contribution in [1.29, 1.82) is 0 Å². The molecule has 0 aromatic rings. The standard InChI is InChI=1S/C9H18NO2/c11-9(12)5-1-2-6-10-7-3-4-8-10/h9,11H,1-8H2. The molecule has 1 N–H and O–H groups in total. The summed E-state index contributed by atoms with van der Waals surface area (Å²) in [6.45, 7) is 3.55. The third kappa shape index (κ3) is 4.04. The van der Waals surface area contributed by atoms with Crippen molar-refractivity contribution in [3.63, 3.8) is 0 Å². The van der Waals surface area contributed by atoms with Crippen LogP contribution in [0.25, 0.3) is 0 Å². The van der Waals surface area contributed by atoms with Crippen molar-refractivity contribution in [2.75, 3.05) is 19.6 Å². The lowest BCUT2D eigenvalue weighted by Crippen LogP contribution is -2.20. The molecule has 1 saturated heterocycles. The fraction of sp³-hybridized carbons (Fsp3) is 1.00. The molecule has 1 rings (SSSR count). The zero-order chi connectivity index (χ0) is 8.81. The van der Waals surface area contributed by atoms with E-state index in [1.807, 2.05) is 0 Å². The van der Waals surface area contributed by atoms with Crippen molar-refractivity contribution >= 4 is 0 Å². The van der Waals surface area contributed by atoms with Gasteiger partial charge in [0.05, 0.1) is 0 Å². The van der Waals surface area contributed by atoms with Crippen molar-refractivity contribution in [1.82, 2.24) is 4.90 Å². The molecule has 71 valence electrons. The van der Waals surface area contributed by atoms with E-state index in [-0.39, 0.29) is 0 Å². The van der Waals surface area contributed by atoms with Gasteiger partial charge in [-0.2, -0.15) is 0 Å². The number of hydrogen-bond donors (Lipinski definition) is 1. The second kappa shape index (κ2) is 5.51. The van der Waals surface area contributed by atoms with Gasteiger partial charge >= 0.3 is 0 Å². The Morgan fingerprint density at radius 1 is 1.25 bits per heavy atom.